The van der Waals surface area contributed by atoms with Crippen LogP contribution in [0, 0.1) is 21.4 Å². The van der Waals surface area contributed by atoms with Crippen molar-refractivity contribution in [2.45, 2.75) is 12.8 Å². The molecule has 0 amide bonds. The van der Waals surface area contributed by atoms with Crippen molar-refractivity contribution in [1.29, 1.82) is 5.26 Å². The van der Waals surface area contributed by atoms with Gasteiger partial charge in [-0.25, -0.2) is 0 Å². The lowest BCUT2D eigenvalue weighted by molar-refractivity contribution is -0.384. The van der Waals surface area contributed by atoms with Crippen LogP contribution in [-0.4, -0.2) is 25.1 Å². The summed E-state index contributed by atoms with van der Waals surface area (Å²) in [5, 5.41) is 20.3. The molecule has 0 unspecified atom stereocenters. The normalized spacial score (nSPS) is 14.2. The molecule has 2 aromatic rings. The number of ether oxygens (including phenoxy) is 1. The van der Waals surface area contributed by atoms with Gasteiger partial charge >= 0.3 is 0 Å². The maximum Gasteiger partial charge on any atom is 0.269 e. The third-order valence-corrected chi connectivity index (χ3v) is 4.50. The molecule has 2 aromatic carbocycles. The molecule has 1 saturated heterocycles. The molecule has 1 aliphatic rings. The number of nitriles is 1. The van der Waals surface area contributed by atoms with E-state index in [-0.39, 0.29) is 5.69 Å². The Labute approximate surface area is 152 Å². The van der Waals surface area contributed by atoms with E-state index in [1.165, 1.54) is 25.0 Å². The van der Waals surface area contributed by atoms with Crippen LogP contribution >= 0.6 is 0 Å². The van der Waals surface area contributed by atoms with Crippen molar-refractivity contribution in [1.82, 2.24) is 0 Å². The van der Waals surface area contributed by atoms with Crippen molar-refractivity contribution >= 4 is 23.0 Å². The Morgan fingerprint density at radius 2 is 1.92 bits per heavy atom. The minimum absolute atomic E-state index is 0.00131. The van der Waals surface area contributed by atoms with Crippen LogP contribution in [-0.2, 0) is 0 Å². The van der Waals surface area contributed by atoms with E-state index in [1.54, 1.807) is 25.3 Å². The fraction of sp³-hybridized carbons (Fsp3) is 0.250. The van der Waals surface area contributed by atoms with Crippen LogP contribution in [0.5, 0.6) is 5.75 Å². The lowest BCUT2D eigenvalue weighted by atomic mass is 10.0. The zero-order chi connectivity index (χ0) is 18.5. The molecular weight excluding hydrogens is 330 g/mol. The highest BCUT2D eigenvalue weighted by Crippen LogP contribution is 2.31. The molecule has 1 heterocycles. The lowest BCUT2D eigenvalue weighted by Crippen LogP contribution is -2.17. The number of methoxy groups -OCH3 is 1. The zero-order valence-corrected chi connectivity index (χ0v) is 14.5. The molecule has 6 nitrogen and oxygen atoms in total. The number of hydrogen-bond donors (Lipinski definition) is 0. The van der Waals surface area contributed by atoms with Gasteiger partial charge in [0.15, 0.2) is 0 Å². The predicted molar refractivity (Wildman–Crippen MR) is 101 cm³/mol. The number of rotatable bonds is 5. The molecule has 6 heteroatoms. The van der Waals surface area contributed by atoms with E-state index < -0.39 is 4.92 Å². The van der Waals surface area contributed by atoms with Crippen molar-refractivity contribution < 1.29 is 9.66 Å². The summed E-state index contributed by atoms with van der Waals surface area (Å²) >= 11 is 0. The second-order valence-corrected chi connectivity index (χ2v) is 6.09. The summed E-state index contributed by atoms with van der Waals surface area (Å²) < 4.78 is 5.51. The fourth-order valence-corrected chi connectivity index (χ4v) is 3.09. The maximum atomic E-state index is 10.8. The average Bonchev–Trinajstić information content (AvgIpc) is 3.21. The standard InChI is InChI=1S/C20H19N3O3/c1-26-20-13-19(22-10-2-3-11-22)9-6-16(20)12-17(14-21)15-4-7-18(8-5-15)23(24)25/h4-9,12-13H,2-3,10-11H2,1H3/b17-12-. The molecule has 1 fully saturated rings. The van der Waals surface area contributed by atoms with Gasteiger partial charge in [0.1, 0.15) is 5.75 Å². The van der Waals surface area contributed by atoms with Crippen molar-refractivity contribution in [3.05, 3.63) is 63.7 Å². The lowest BCUT2D eigenvalue weighted by Gasteiger charge is -2.19. The molecule has 132 valence electrons. The number of non-ortho nitro benzene ring substituents is 1. The summed E-state index contributed by atoms with van der Waals surface area (Å²) in [7, 11) is 1.61. The zero-order valence-electron chi connectivity index (χ0n) is 14.5. The van der Waals surface area contributed by atoms with Crippen LogP contribution in [0.2, 0.25) is 0 Å². The third kappa shape index (κ3) is 3.67. The summed E-state index contributed by atoms with van der Waals surface area (Å²) in [6.45, 7) is 2.09. The number of hydrogen-bond acceptors (Lipinski definition) is 5. The quantitative estimate of drug-likeness (QED) is 0.349. The number of allylic oxidation sites excluding steroid dienone is 1. The Bertz CT molecular complexity index is 876. The molecule has 0 aliphatic carbocycles. The van der Waals surface area contributed by atoms with Crippen molar-refractivity contribution in [3.63, 3.8) is 0 Å². The fourth-order valence-electron chi connectivity index (χ4n) is 3.09. The first-order valence-electron chi connectivity index (χ1n) is 8.42. The third-order valence-electron chi connectivity index (χ3n) is 4.50. The molecule has 0 N–H and O–H groups in total. The van der Waals surface area contributed by atoms with Crippen molar-refractivity contribution in [2.24, 2.45) is 0 Å². The second-order valence-electron chi connectivity index (χ2n) is 6.09. The number of nitro groups is 1. The van der Waals surface area contributed by atoms with Gasteiger partial charge < -0.3 is 9.64 Å². The maximum absolute atomic E-state index is 10.8. The van der Waals surface area contributed by atoms with Gasteiger partial charge in [0.25, 0.3) is 5.69 Å². The highest BCUT2D eigenvalue weighted by molar-refractivity contribution is 5.91. The first kappa shape index (κ1) is 17.5. The first-order valence-corrected chi connectivity index (χ1v) is 8.42. The molecular formula is C20H19N3O3. The number of anilines is 1. The Kier molecular flexibility index (Phi) is 5.18. The van der Waals surface area contributed by atoms with Gasteiger partial charge in [0.05, 0.1) is 23.7 Å². The summed E-state index contributed by atoms with van der Waals surface area (Å²) in [4.78, 5) is 12.6. The van der Waals surface area contributed by atoms with Crippen LogP contribution < -0.4 is 9.64 Å². The summed E-state index contributed by atoms with van der Waals surface area (Å²) in [5.41, 5.74) is 2.96. The Balaban J connectivity index is 1.93. The molecule has 0 bridgehead atoms. The van der Waals surface area contributed by atoms with Crippen LogP contribution in [0.3, 0.4) is 0 Å². The van der Waals surface area contributed by atoms with E-state index in [2.05, 4.69) is 11.0 Å². The summed E-state index contributed by atoms with van der Waals surface area (Å²) in [6, 6.07) is 14.1. The highest BCUT2D eigenvalue weighted by Gasteiger charge is 2.14. The van der Waals surface area contributed by atoms with Gasteiger partial charge in [-0.1, -0.05) is 0 Å². The molecule has 0 radical (unpaired) electrons. The van der Waals surface area contributed by atoms with Crippen LogP contribution in [0.25, 0.3) is 11.6 Å². The van der Waals surface area contributed by atoms with Crippen LogP contribution in [0.1, 0.15) is 24.0 Å². The second kappa shape index (κ2) is 7.70. The summed E-state index contributed by atoms with van der Waals surface area (Å²) in [5.74, 6) is 0.698. The molecule has 0 spiro atoms. The highest BCUT2D eigenvalue weighted by atomic mass is 16.6. The van der Waals surface area contributed by atoms with Gasteiger partial charge in [-0.05, 0) is 48.7 Å². The SMILES string of the molecule is COc1cc(N2CCCC2)ccc1/C=C(/C#N)c1ccc([N+](=O)[O-])cc1. The number of nitrogens with zero attached hydrogens (tertiary/aromatic N) is 3. The van der Waals surface area contributed by atoms with E-state index in [4.69, 9.17) is 4.74 Å². The molecule has 0 aromatic heterocycles. The molecule has 0 atom stereocenters. The van der Waals surface area contributed by atoms with E-state index in [9.17, 15) is 15.4 Å². The van der Waals surface area contributed by atoms with Gasteiger partial charge in [-0.2, -0.15) is 5.26 Å². The van der Waals surface area contributed by atoms with E-state index in [0.717, 1.165) is 24.3 Å². The molecule has 0 saturated carbocycles. The topological polar surface area (TPSA) is 79.4 Å². The molecule has 26 heavy (non-hydrogen) atoms. The Morgan fingerprint density at radius 1 is 1.23 bits per heavy atom. The van der Waals surface area contributed by atoms with E-state index >= 15 is 0 Å². The predicted octanol–water partition coefficient (Wildman–Crippen LogP) is 4.27. The monoisotopic (exact) mass is 349 g/mol. The van der Waals surface area contributed by atoms with Gasteiger partial charge in [-0.15, -0.1) is 0 Å². The Morgan fingerprint density at radius 3 is 2.50 bits per heavy atom. The number of nitro benzene ring substituents is 1. The van der Waals surface area contributed by atoms with E-state index in [1.807, 2.05) is 18.2 Å². The minimum Gasteiger partial charge on any atom is -0.496 e. The molecule has 1 aliphatic heterocycles. The largest absolute Gasteiger partial charge is 0.496 e. The van der Waals surface area contributed by atoms with Gasteiger partial charge in [0.2, 0.25) is 0 Å². The smallest absolute Gasteiger partial charge is 0.269 e. The summed E-state index contributed by atoms with van der Waals surface area (Å²) in [6.07, 6.45) is 4.14. The van der Waals surface area contributed by atoms with Gasteiger partial charge in [0, 0.05) is 42.5 Å². The Hall–Kier alpha value is -3.33. The number of benzene rings is 2. The van der Waals surface area contributed by atoms with Crippen molar-refractivity contribution in [3.8, 4) is 11.8 Å². The van der Waals surface area contributed by atoms with Crippen LogP contribution in [0.4, 0.5) is 11.4 Å². The van der Waals surface area contributed by atoms with Crippen LogP contribution in [0.15, 0.2) is 42.5 Å². The van der Waals surface area contributed by atoms with Crippen molar-refractivity contribution in [2.75, 3.05) is 25.1 Å². The van der Waals surface area contributed by atoms with E-state index in [0.29, 0.717) is 16.9 Å². The molecule has 3 rings (SSSR count). The first-order chi connectivity index (χ1) is 12.6. The minimum atomic E-state index is -0.459. The van der Waals surface area contributed by atoms with Gasteiger partial charge in [-0.3, -0.25) is 10.1 Å². The average molecular weight is 349 g/mol.